The molecule has 0 bridgehead atoms. The molecule has 2 atom stereocenters. The van der Waals surface area contributed by atoms with E-state index in [1.807, 2.05) is 18.2 Å². The maximum absolute atomic E-state index is 12.4. The zero-order valence-electron chi connectivity index (χ0n) is 29.1. The van der Waals surface area contributed by atoms with Crippen LogP contribution < -0.4 is 40.2 Å². The van der Waals surface area contributed by atoms with E-state index < -0.39 is 5.97 Å². The number of hydrogen-bond acceptors (Lipinski definition) is 6. The number of aryl methyl sites for hydroxylation is 4. The molecule has 2 unspecified atom stereocenters. The van der Waals surface area contributed by atoms with Crippen LogP contribution in [0.25, 0.3) is 11.1 Å². The summed E-state index contributed by atoms with van der Waals surface area (Å²) in [4.78, 5) is 12.4. The van der Waals surface area contributed by atoms with Gasteiger partial charge in [-0.15, -0.1) is 0 Å². The van der Waals surface area contributed by atoms with E-state index >= 15 is 0 Å². The van der Waals surface area contributed by atoms with Gasteiger partial charge in [0.1, 0.15) is 23.0 Å². The molecule has 49 heavy (non-hydrogen) atoms. The molecule has 0 aromatic heterocycles. The maximum atomic E-state index is 12.4. The number of ether oxygens (including phenoxy) is 5. The summed E-state index contributed by atoms with van der Waals surface area (Å²) in [6.45, 7) is 7.93. The standard InChI is InChI=1S/C39H44Cl2O6P2/c1-22-17-27(18-23(2)36(22)44-6)48-31-15-13-29(40)38(46-21-33(42)43-5)34(31)35-32(49-28-19-24(3)37(45-7)25(4)20-28)16-14-30(41)39(35)47-26-11-9-8-10-12-26/h13-20,26,48-49H,8-12,21H2,1-7H3. The highest BCUT2D eigenvalue weighted by molar-refractivity contribution is 7.56. The van der Waals surface area contributed by atoms with Gasteiger partial charge < -0.3 is 23.7 Å². The molecule has 0 radical (unpaired) electrons. The van der Waals surface area contributed by atoms with Gasteiger partial charge in [-0.25, -0.2) is 4.79 Å². The summed E-state index contributed by atoms with van der Waals surface area (Å²) in [5.74, 6) is 2.25. The highest BCUT2D eigenvalue weighted by Gasteiger charge is 2.28. The first-order valence-corrected chi connectivity index (χ1v) is 19.2. The number of methoxy groups -OCH3 is 3. The van der Waals surface area contributed by atoms with Gasteiger partial charge in [-0.2, -0.15) is 0 Å². The van der Waals surface area contributed by atoms with Crippen molar-refractivity contribution in [2.24, 2.45) is 0 Å². The average molecular weight is 742 g/mol. The molecule has 0 amide bonds. The van der Waals surface area contributed by atoms with Crippen LogP contribution in [-0.4, -0.2) is 40.0 Å². The largest absolute Gasteiger partial charge is 0.496 e. The molecule has 0 spiro atoms. The lowest BCUT2D eigenvalue weighted by Gasteiger charge is -2.28. The van der Waals surface area contributed by atoms with Crippen LogP contribution in [-0.2, 0) is 9.53 Å². The number of carbonyl (C=O) groups excluding carboxylic acids is 1. The predicted octanol–water partition coefficient (Wildman–Crippen LogP) is 8.43. The van der Waals surface area contributed by atoms with Crippen molar-refractivity contribution in [2.75, 3.05) is 27.9 Å². The number of carbonyl (C=O) groups is 1. The molecule has 0 aliphatic heterocycles. The SMILES string of the molecule is COC(=O)COc1c(Cl)ccc(Pc2cc(C)c(OC)c(C)c2)c1-c1c(Pc2cc(C)c(OC)c(C)c2)ccc(Cl)c1OC1CCCCC1. The molecule has 5 rings (SSSR count). The van der Waals surface area contributed by atoms with Gasteiger partial charge in [-0.1, -0.05) is 58.9 Å². The summed E-state index contributed by atoms with van der Waals surface area (Å²) in [5, 5.41) is 5.17. The van der Waals surface area contributed by atoms with Crippen LogP contribution in [0.1, 0.15) is 54.4 Å². The highest BCUT2D eigenvalue weighted by Crippen LogP contribution is 2.46. The van der Waals surface area contributed by atoms with Crippen LogP contribution in [0.4, 0.5) is 0 Å². The predicted molar refractivity (Wildman–Crippen MR) is 207 cm³/mol. The van der Waals surface area contributed by atoms with Gasteiger partial charge in [0.2, 0.25) is 0 Å². The highest BCUT2D eigenvalue weighted by atomic mass is 35.5. The Morgan fingerprint density at radius 1 is 0.673 bits per heavy atom. The van der Waals surface area contributed by atoms with Crippen LogP contribution in [0.3, 0.4) is 0 Å². The van der Waals surface area contributed by atoms with E-state index in [9.17, 15) is 4.79 Å². The first kappa shape index (κ1) is 37.3. The first-order chi connectivity index (χ1) is 23.5. The van der Waals surface area contributed by atoms with Crippen LogP contribution >= 0.6 is 40.4 Å². The Bertz CT molecular complexity index is 1790. The van der Waals surface area contributed by atoms with Crippen molar-refractivity contribution in [2.45, 2.75) is 65.9 Å². The average Bonchev–Trinajstić information content (AvgIpc) is 3.07. The second kappa shape index (κ2) is 16.8. The first-order valence-electron chi connectivity index (χ1n) is 16.4. The fraction of sp³-hybridized carbons (Fsp3) is 0.359. The van der Waals surface area contributed by atoms with Crippen LogP contribution in [0.2, 0.25) is 10.0 Å². The molecule has 4 aromatic rings. The van der Waals surface area contributed by atoms with Crippen molar-refractivity contribution >= 4 is 67.6 Å². The lowest BCUT2D eigenvalue weighted by molar-refractivity contribution is -0.142. The van der Waals surface area contributed by atoms with Gasteiger partial charge in [-0.3, -0.25) is 0 Å². The van der Waals surface area contributed by atoms with Crippen molar-refractivity contribution in [3.05, 3.63) is 80.8 Å². The molecule has 6 nitrogen and oxygen atoms in total. The molecule has 10 heteroatoms. The van der Waals surface area contributed by atoms with Gasteiger partial charge in [0.15, 0.2) is 6.61 Å². The Kier molecular flexibility index (Phi) is 12.8. The monoisotopic (exact) mass is 740 g/mol. The topological polar surface area (TPSA) is 63.2 Å². The normalized spacial score (nSPS) is 13.7. The van der Waals surface area contributed by atoms with Crippen molar-refractivity contribution in [3.8, 4) is 34.1 Å². The Hall–Kier alpha value is -3.01. The van der Waals surface area contributed by atoms with Gasteiger partial charge >= 0.3 is 5.97 Å². The minimum Gasteiger partial charge on any atom is -0.496 e. The lowest BCUT2D eigenvalue weighted by Crippen LogP contribution is -2.23. The van der Waals surface area contributed by atoms with Crippen molar-refractivity contribution in [1.82, 2.24) is 0 Å². The third-order valence-electron chi connectivity index (χ3n) is 8.75. The van der Waals surface area contributed by atoms with Crippen LogP contribution in [0, 0.1) is 27.7 Å². The molecule has 1 aliphatic rings. The minimum atomic E-state index is -0.507. The van der Waals surface area contributed by atoms with E-state index in [0.717, 1.165) is 91.8 Å². The van der Waals surface area contributed by atoms with Crippen molar-refractivity contribution < 1.29 is 28.5 Å². The third kappa shape index (κ3) is 8.66. The van der Waals surface area contributed by atoms with E-state index in [1.54, 1.807) is 14.2 Å². The van der Waals surface area contributed by atoms with E-state index in [1.165, 1.54) is 13.5 Å². The summed E-state index contributed by atoms with van der Waals surface area (Å²) < 4.78 is 29.4. The van der Waals surface area contributed by atoms with Gasteiger partial charge in [0.25, 0.3) is 0 Å². The maximum Gasteiger partial charge on any atom is 0.343 e. The fourth-order valence-electron chi connectivity index (χ4n) is 6.62. The zero-order valence-corrected chi connectivity index (χ0v) is 32.7. The van der Waals surface area contributed by atoms with E-state index in [-0.39, 0.29) is 29.9 Å². The van der Waals surface area contributed by atoms with Gasteiger partial charge in [0.05, 0.1) is 37.5 Å². The summed E-state index contributed by atoms with van der Waals surface area (Å²) in [6, 6.07) is 16.5. The molecule has 0 saturated heterocycles. The van der Waals surface area contributed by atoms with Gasteiger partial charge in [0, 0.05) is 11.1 Å². The smallest absolute Gasteiger partial charge is 0.343 e. The summed E-state index contributed by atoms with van der Waals surface area (Å²) in [7, 11) is 5.20. The molecule has 1 saturated carbocycles. The molecular formula is C39H44Cl2O6P2. The molecular weight excluding hydrogens is 697 g/mol. The molecule has 1 aliphatic carbocycles. The minimum absolute atomic E-state index is 0.0328. The van der Waals surface area contributed by atoms with Crippen molar-refractivity contribution in [3.63, 3.8) is 0 Å². The van der Waals surface area contributed by atoms with E-state index in [4.69, 9.17) is 46.9 Å². The summed E-state index contributed by atoms with van der Waals surface area (Å²) in [6.07, 6.45) is 5.36. The fourth-order valence-corrected chi connectivity index (χ4v) is 9.87. The quantitative estimate of drug-likeness (QED) is 0.107. The summed E-state index contributed by atoms with van der Waals surface area (Å²) >= 11 is 14.1. The lowest BCUT2D eigenvalue weighted by atomic mass is 9.97. The second-order valence-corrected chi connectivity index (χ2v) is 15.9. The number of rotatable bonds is 12. The number of hydrogen-bond donors (Lipinski definition) is 0. The second-order valence-electron chi connectivity index (χ2n) is 12.4. The molecule has 260 valence electrons. The van der Waals surface area contributed by atoms with Crippen LogP contribution in [0.15, 0.2) is 48.5 Å². The third-order valence-corrected chi connectivity index (χ3v) is 11.9. The Balaban J connectivity index is 1.77. The number of halogens is 2. The van der Waals surface area contributed by atoms with Crippen molar-refractivity contribution in [1.29, 1.82) is 0 Å². The Labute approximate surface area is 303 Å². The zero-order chi connectivity index (χ0) is 35.2. The molecule has 1 fully saturated rings. The molecule has 0 N–H and O–H groups in total. The van der Waals surface area contributed by atoms with Gasteiger partial charge in [-0.05, 0) is 133 Å². The number of esters is 1. The van der Waals surface area contributed by atoms with E-state index in [0.29, 0.717) is 21.5 Å². The number of benzene rings is 4. The summed E-state index contributed by atoms with van der Waals surface area (Å²) in [5.41, 5.74) is 5.83. The van der Waals surface area contributed by atoms with E-state index in [2.05, 4.69) is 58.0 Å². The molecule has 4 aromatic carbocycles. The Morgan fingerprint density at radius 3 is 1.57 bits per heavy atom. The molecule has 0 heterocycles. The Morgan fingerprint density at radius 2 is 1.12 bits per heavy atom. The van der Waals surface area contributed by atoms with Crippen LogP contribution in [0.5, 0.6) is 23.0 Å².